The Kier molecular flexibility index (Phi) is 7.36. The van der Waals surface area contributed by atoms with E-state index in [2.05, 4.69) is 25.7 Å². The number of carboxylic acid groups (broad SMARTS) is 1. The molecule has 37 heavy (non-hydrogen) atoms. The van der Waals surface area contributed by atoms with E-state index in [4.69, 9.17) is 16.7 Å². The van der Waals surface area contributed by atoms with Crippen LogP contribution in [-0.4, -0.2) is 30.8 Å². The Morgan fingerprint density at radius 1 is 1.03 bits per heavy atom. The molecule has 0 radical (unpaired) electrons. The molecule has 0 aliphatic rings. The van der Waals surface area contributed by atoms with E-state index in [-0.39, 0.29) is 22.8 Å². The van der Waals surface area contributed by atoms with E-state index in [1.165, 1.54) is 18.2 Å². The molecule has 0 saturated heterocycles. The predicted octanol–water partition coefficient (Wildman–Crippen LogP) is 6.64. The van der Waals surface area contributed by atoms with Crippen LogP contribution < -0.4 is 9.04 Å². The Labute approximate surface area is 222 Å². The molecule has 0 aliphatic heterocycles. The first-order valence-electron chi connectivity index (χ1n) is 10.3. The Morgan fingerprint density at radius 3 is 2.27 bits per heavy atom. The van der Waals surface area contributed by atoms with Crippen LogP contribution in [0.1, 0.15) is 15.9 Å². The molecule has 0 unspecified atom stereocenters. The average Bonchev–Trinajstić information content (AvgIpc) is 2.83. The van der Waals surface area contributed by atoms with Gasteiger partial charge in [-0.3, -0.25) is 0 Å². The highest BCUT2D eigenvalue weighted by Crippen LogP contribution is 2.34. The van der Waals surface area contributed by atoms with Crippen LogP contribution >= 0.6 is 27.5 Å². The predicted molar refractivity (Wildman–Crippen MR) is 134 cm³/mol. The van der Waals surface area contributed by atoms with Gasteiger partial charge >= 0.3 is 12.3 Å². The van der Waals surface area contributed by atoms with Gasteiger partial charge in [-0.15, -0.1) is 13.2 Å². The third-order valence-electron chi connectivity index (χ3n) is 5.19. The van der Waals surface area contributed by atoms with Crippen molar-refractivity contribution in [3.63, 3.8) is 0 Å². The minimum atomic E-state index is -4.88. The number of hydrogen-bond acceptors (Lipinski definition) is 5. The number of hydrogen-bond donors (Lipinski definition) is 1. The molecule has 0 fully saturated rings. The summed E-state index contributed by atoms with van der Waals surface area (Å²) in [7, 11) is -4.33. The van der Waals surface area contributed by atoms with Gasteiger partial charge in [0.05, 0.1) is 17.0 Å². The van der Waals surface area contributed by atoms with Gasteiger partial charge in [0, 0.05) is 15.8 Å². The molecule has 0 saturated carbocycles. The van der Waals surface area contributed by atoms with Crippen molar-refractivity contribution < 1.29 is 36.2 Å². The highest BCUT2D eigenvalue weighted by molar-refractivity contribution is 9.10. The van der Waals surface area contributed by atoms with Crippen LogP contribution in [0, 0.1) is 0 Å². The zero-order valence-electron chi connectivity index (χ0n) is 18.4. The molecule has 192 valence electrons. The zero-order valence-corrected chi connectivity index (χ0v) is 21.6. The van der Waals surface area contributed by atoms with Crippen molar-refractivity contribution in [3.8, 4) is 5.75 Å². The van der Waals surface area contributed by atoms with Crippen molar-refractivity contribution in [2.45, 2.75) is 17.8 Å². The second-order valence-electron chi connectivity index (χ2n) is 7.64. The van der Waals surface area contributed by atoms with E-state index in [0.29, 0.717) is 26.0 Å². The summed E-state index contributed by atoms with van der Waals surface area (Å²) >= 11 is 9.68. The third-order valence-corrected chi connectivity index (χ3v) is 7.89. The standard InChI is InChI=1S/C24H15BrClF3N2O5S/c25-22-18-2-1-3-20(26)19(18)12-21(30-22)31(13-14-4-8-16(9-5-14)36-24(27,28)29)37(34,35)17-10-6-15(7-11-17)23(32)33/h1-12H,13H2,(H,32,33). The number of nitrogens with zero attached hydrogens (tertiary/aromatic N) is 2. The first-order chi connectivity index (χ1) is 17.3. The summed E-state index contributed by atoms with van der Waals surface area (Å²) < 4.78 is 70.2. The Bertz CT molecular complexity index is 1580. The zero-order chi connectivity index (χ0) is 27.0. The van der Waals surface area contributed by atoms with Gasteiger partial charge in [-0.2, -0.15) is 0 Å². The number of ether oxygens (including phenoxy) is 1. The minimum absolute atomic E-state index is 0.0228. The normalized spacial score (nSPS) is 11.9. The van der Waals surface area contributed by atoms with Crippen LogP contribution in [0.2, 0.25) is 5.02 Å². The number of alkyl halides is 3. The van der Waals surface area contributed by atoms with Crippen molar-refractivity contribution in [1.29, 1.82) is 0 Å². The summed E-state index contributed by atoms with van der Waals surface area (Å²) in [5.74, 6) is -1.71. The molecule has 1 heterocycles. The highest BCUT2D eigenvalue weighted by Gasteiger charge is 2.31. The molecule has 13 heteroatoms. The lowest BCUT2D eigenvalue weighted by atomic mass is 10.1. The Balaban J connectivity index is 1.81. The molecule has 0 atom stereocenters. The first-order valence-corrected chi connectivity index (χ1v) is 12.9. The summed E-state index contributed by atoms with van der Waals surface area (Å²) in [6.45, 7) is -0.315. The molecule has 0 spiro atoms. The monoisotopic (exact) mass is 614 g/mol. The number of aromatic nitrogens is 1. The number of halogens is 5. The van der Waals surface area contributed by atoms with Crippen LogP contribution in [0.15, 0.2) is 82.3 Å². The SMILES string of the molecule is O=C(O)c1ccc(S(=O)(=O)N(Cc2ccc(OC(F)(F)F)cc2)c2cc3c(Cl)cccc3c(Br)n2)cc1. The third kappa shape index (κ3) is 5.97. The van der Waals surface area contributed by atoms with Gasteiger partial charge < -0.3 is 9.84 Å². The van der Waals surface area contributed by atoms with E-state index in [0.717, 1.165) is 40.7 Å². The molecule has 0 bridgehead atoms. The lowest BCUT2D eigenvalue weighted by Crippen LogP contribution is -2.31. The van der Waals surface area contributed by atoms with Gasteiger partial charge in [0.25, 0.3) is 10.0 Å². The topological polar surface area (TPSA) is 96.8 Å². The lowest BCUT2D eigenvalue weighted by Gasteiger charge is -2.24. The summed E-state index contributed by atoms with van der Waals surface area (Å²) in [5.41, 5.74) is 0.224. The summed E-state index contributed by atoms with van der Waals surface area (Å²) in [6.07, 6.45) is -4.88. The number of anilines is 1. The van der Waals surface area contributed by atoms with Crippen LogP contribution in [0.3, 0.4) is 0 Å². The summed E-state index contributed by atoms with van der Waals surface area (Å²) in [4.78, 5) is 15.4. The van der Waals surface area contributed by atoms with E-state index in [1.807, 2.05) is 0 Å². The number of sulfonamides is 1. The van der Waals surface area contributed by atoms with E-state index in [9.17, 15) is 26.4 Å². The number of carbonyl (C=O) groups is 1. The maximum Gasteiger partial charge on any atom is 0.573 e. The number of fused-ring (bicyclic) bond motifs is 1. The first kappa shape index (κ1) is 26.7. The molecule has 0 aliphatic carbocycles. The Morgan fingerprint density at radius 2 is 1.68 bits per heavy atom. The average molecular weight is 616 g/mol. The number of pyridine rings is 1. The highest BCUT2D eigenvalue weighted by atomic mass is 79.9. The van der Waals surface area contributed by atoms with Gasteiger partial charge in [0.2, 0.25) is 0 Å². The number of rotatable bonds is 7. The number of benzene rings is 3. The molecule has 1 N–H and O–H groups in total. The molecule has 4 rings (SSSR count). The van der Waals surface area contributed by atoms with Crippen molar-refractivity contribution in [3.05, 3.63) is 93.5 Å². The van der Waals surface area contributed by atoms with Crippen molar-refractivity contribution in [1.82, 2.24) is 4.98 Å². The fourth-order valence-corrected chi connectivity index (χ4v) is 5.61. The van der Waals surface area contributed by atoms with Crippen LogP contribution in [0.5, 0.6) is 5.75 Å². The second-order valence-corrected chi connectivity index (χ2v) is 10.7. The van der Waals surface area contributed by atoms with Crippen molar-refractivity contribution in [2.75, 3.05) is 4.31 Å². The molecule has 4 aromatic rings. The van der Waals surface area contributed by atoms with Crippen LogP contribution in [-0.2, 0) is 16.6 Å². The van der Waals surface area contributed by atoms with Gasteiger partial charge in [-0.1, -0.05) is 35.9 Å². The number of aromatic carboxylic acids is 1. The Hall–Kier alpha value is -3.35. The number of carboxylic acids is 1. The lowest BCUT2D eigenvalue weighted by molar-refractivity contribution is -0.274. The fourth-order valence-electron chi connectivity index (χ4n) is 3.46. The second kappa shape index (κ2) is 10.2. The summed E-state index contributed by atoms with van der Waals surface area (Å²) in [6, 6.07) is 15.9. The van der Waals surface area contributed by atoms with E-state index >= 15 is 0 Å². The van der Waals surface area contributed by atoms with Gasteiger partial charge in [0.1, 0.15) is 16.2 Å². The van der Waals surface area contributed by atoms with E-state index < -0.39 is 28.1 Å². The van der Waals surface area contributed by atoms with Crippen molar-refractivity contribution in [2.24, 2.45) is 0 Å². The quantitative estimate of drug-likeness (QED) is 0.234. The maximum absolute atomic E-state index is 13.7. The van der Waals surface area contributed by atoms with Crippen molar-refractivity contribution >= 4 is 60.1 Å². The summed E-state index contributed by atoms with van der Waals surface area (Å²) in [5, 5.41) is 10.6. The van der Waals surface area contributed by atoms with Gasteiger partial charge in [-0.25, -0.2) is 22.5 Å². The van der Waals surface area contributed by atoms with Gasteiger partial charge in [-0.05, 0) is 70.0 Å². The van der Waals surface area contributed by atoms with Gasteiger partial charge in [0.15, 0.2) is 0 Å². The largest absolute Gasteiger partial charge is 0.573 e. The molecular weight excluding hydrogens is 601 g/mol. The molecule has 7 nitrogen and oxygen atoms in total. The van der Waals surface area contributed by atoms with E-state index in [1.54, 1.807) is 18.2 Å². The molecule has 0 amide bonds. The molecule has 1 aromatic heterocycles. The smallest absolute Gasteiger partial charge is 0.478 e. The van der Waals surface area contributed by atoms with Crippen LogP contribution in [0.4, 0.5) is 19.0 Å². The molecule has 3 aromatic carbocycles. The maximum atomic E-state index is 13.7. The van der Waals surface area contributed by atoms with Crippen LogP contribution in [0.25, 0.3) is 10.8 Å². The fraction of sp³-hybridized carbons (Fsp3) is 0.0833. The molecular formula is C24H15BrClF3N2O5S. The minimum Gasteiger partial charge on any atom is -0.478 e.